The van der Waals surface area contributed by atoms with Crippen LogP contribution in [0.25, 0.3) is 0 Å². The number of likely N-dealkylation sites (tertiary alicyclic amines) is 1. The van der Waals surface area contributed by atoms with Crippen molar-refractivity contribution in [1.82, 2.24) is 10.2 Å². The van der Waals surface area contributed by atoms with E-state index in [2.05, 4.69) is 5.32 Å². The Morgan fingerprint density at radius 1 is 1.41 bits per heavy atom. The second kappa shape index (κ2) is 7.24. The summed E-state index contributed by atoms with van der Waals surface area (Å²) in [6.45, 7) is 2.51. The number of carbonyl (C=O) groups is 2. The van der Waals surface area contributed by atoms with Crippen LogP contribution in [0.3, 0.4) is 0 Å². The summed E-state index contributed by atoms with van der Waals surface area (Å²) in [5.41, 5.74) is 0. The van der Waals surface area contributed by atoms with Crippen molar-refractivity contribution in [3.8, 4) is 0 Å². The number of hydrogen-bond acceptors (Lipinski definition) is 4. The van der Waals surface area contributed by atoms with Gasteiger partial charge in [0.25, 0.3) is 0 Å². The van der Waals surface area contributed by atoms with Gasteiger partial charge in [0, 0.05) is 40.3 Å². The Kier molecular flexibility index (Phi) is 5.93. The van der Waals surface area contributed by atoms with Gasteiger partial charge in [0.05, 0.1) is 19.1 Å². The molecule has 98 valence electrons. The first-order valence-electron chi connectivity index (χ1n) is 5.72. The molecule has 0 aromatic heterocycles. The number of hydrogen-bond donors (Lipinski definition) is 1. The van der Waals surface area contributed by atoms with E-state index in [9.17, 15) is 9.59 Å². The number of nitrogens with one attached hydrogen (secondary N) is 1. The molecule has 6 heteroatoms. The van der Waals surface area contributed by atoms with E-state index in [0.717, 1.165) is 0 Å². The molecule has 0 aliphatic carbocycles. The molecule has 1 saturated heterocycles. The monoisotopic (exact) mass is 244 g/mol. The van der Waals surface area contributed by atoms with Crippen LogP contribution in [0.4, 0.5) is 0 Å². The third kappa shape index (κ3) is 4.32. The zero-order valence-electron chi connectivity index (χ0n) is 10.4. The van der Waals surface area contributed by atoms with Gasteiger partial charge < -0.3 is 19.7 Å². The van der Waals surface area contributed by atoms with Gasteiger partial charge in [-0.1, -0.05) is 0 Å². The lowest BCUT2D eigenvalue weighted by atomic mass is 10.1. The molecule has 1 fully saturated rings. The fraction of sp³-hybridized carbons (Fsp3) is 0.818. The van der Waals surface area contributed by atoms with Crippen molar-refractivity contribution in [2.24, 2.45) is 5.92 Å². The van der Waals surface area contributed by atoms with Gasteiger partial charge in [-0.25, -0.2) is 0 Å². The molecule has 0 spiro atoms. The largest absolute Gasteiger partial charge is 0.383 e. The standard InChI is InChI=1S/C11H20N2O4/c1-16-5-3-12-11(15)9-7-10(14)13(8-9)4-6-17-2/h9H,3-8H2,1-2H3,(H,12,15). The van der Waals surface area contributed by atoms with Crippen LogP contribution in [0, 0.1) is 5.92 Å². The minimum absolute atomic E-state index is 0.0222. The Morgan fingerprint density at radius 2 is 2.12 bits per heavy atom. The van der Waals surface area contributed by atoms with Crippen LogP contribution in [0.15, 0.2) is 0 Å². The number of amides is 2. The first-order chi connectivity index (χ1) is 8.19. The molecule has 1 heterocycles. The summed E-state index contributed by atoms with van der Waals surface area (Å²) in [5.74, 6) is -0.291. The zero-order chi connectivity index (χ0) is 12.7. The van der Waals surface area contributed by atoms with Gasteiger partial charge in [0.15, 0.2) is 0 Å². The smallest absolute Gasteiger partial charge is 0.225 e. The Bertz CT molecular complexity index is 270. The summed E-state index contributed by atoms with van der Waals surface area (Å²) < 4.78 is 9.76. The highest BCUT2D eigenvalue weighted by Crippen LogP contribution is 2.17. The molecule has 0 aromatic carbocycles. The molecule has 2 amide bonds. The molecule has 1 unspecified atom stereocenters. The lowest BCUT2D eigenvalue weighted by Gasteiger charge is -2.15. The summed E-state index contributed by atoms with van der Waals surface area (Å²) in [6, 6.07) is 0. The predicted molar refractivity (Wildman–Crippen MR) is 61.4 cm³/mol. The van der Waals surface area contributed by atoms with Crippen molar-refractivity contribution in [2.45, 2.75) is 6.42 Å². The maximum absolute atomic E-state index is 11.7. The molecular formula is C11H20N2O4. The highest BCUT2D eigenvalue weighted by molar-refractivity contribution is 5.89. The van der Waals surface area contributed by atoms with E-state index in [-0.39, 0.29) is 17.7 Å². The Balaban J connectivity index is 2.31. The molecule has 1 atom stereocenters. The normalized spacial score (nSPS) is 19.8. The van der Waals surface area contributed by atoms with Crippen molar-refractivity contribution >= 4 is 11.8 Å². The SMILES string of the molecule is COCCNC(=O)C1CC(=O)N(CCOC)C1. The Labute approximate surface area is 101 Å². The topological polar surface area (TPSA) is 67.9 Å². The summed E-state index contributed by atoms with van der Waals surface area (Å²) in [6.07, 6.45) is 0.294. The maximum Gasteiger partial charge on any atom is 0.225 e. The molecule has 0 bridgehead atoms. The second-order valence-corrected chi connectivity index (χ2v) is 4.02. The van der Waals surface area contributed by atoms with E-state index < -0.39 is 0 Å². The van der Waals surface area contributed by atoms with E-state index >= 15 is 0 Å². The van der Waals surface area contributed by atoms with E-state index in [4.69, 9.17) is 9.47 Å². The van der Waals surface area contributed by atoms with E-state index in [1.54, 1.807) is 19.1 Å². The van der Waals surface area contributed by atoms with Crippen molar-refractivity contribution in [3.05, 3.63) is 0 Å². The fourth-order valence-electron chi connectivity index (χ4n) is 1.79. The minimum Gasteiger partial charge on any atom is -0.383 e. The average molecular weight is 244 g/mol. The average Bonchev–Trinajstić information content (AvgIpc) is 2.68. The molecule has 0 aromatic rings. The van der Waals surface area contributed by atoms with Crippen LogP contribution in [0.2, 0.25) is 0 Å². The number of rotatable bonds is 7. The van der Waals surface area contributed by atoms with Crippen LogP contribution in [0.1, 0.15) is 6.42 Å². The minimum atomic E-state index is -0.240. The lowest BCUT2D eigenvalue weighted by molar-refractivity contribution is -0.129. The van der Waals surface area contributed by atoms with Gasteiger partial charge in [0.2, 0.25) is 11.8 Å². The van der Waals surface area contributed by atoms with Crippen molar-refractivity contribution in [3.63, 3.8) is 0 Å². The van der Waals surface area contributed by atoms with Crippen LogP contribution in [-0.2, 0) is 19.1 Å². The first kappa shape index (κ1) is 13.9. The third-order valence-electron chi connectivity index (χ3n) is 2.76. The molecule has 6 nitrogen and oxygen atoms in total. The van der Waals surface area contributed by atoms with Crippen LogP contribution in [0.5, 0.6) is 0 Å². The molecule has 1 aliphatic rings. The molecule has 0 radical (unpaired) electrons. The van der Waals surface area contributed by atoms with Crippen molar-refractivity contribution in [1.29, 1.82) is 0 Å². The summed E-state index contributed by atoms with van der Waals surface area (Å²) in [7, 11) is 3.17. The van der Waals surface area contributed by atoms with Crippen LogP contribution >= 0.6 is 0 Å². The van der Waals surface area contributed by atoms with Gasteiger partial charge >= 0.3 is 0 Å². The predicted octanol–water partition coefficient (Wildman–Crippen LogP) is -0.756. The number of ether oxygens (including phenoxy) is 2. The van der Waals surface area contributed by atoms with Gasteiger partial charge in [-0.15, -0.1) is 0 Å². The third-order valence-corrected chi connectivity index (χ3v) is 2.76. The van der Waals surface area contributed by atoms with Crippen molar-refractivity contribution < 1.29 is 19.1 Å². The maximum atomic E-state index is 11.7. The summed E-state index contributed by atoms with van der Waals surface area (Å²) in [5, 5.41) is 2.75. The molecule has 1 aliphatic heterocycles. The number of carbonyl (C=O) groups excluding carboxylic acids is 2. The first-order valence-corrected chi connectivity index (χ1v) is 5.72. The van der Waals surface area contributed by atoms with Gasteiger partial charge in [-0.3, -0.25) is 9.59 Å². The highest BCUT2D eigenvalue weighted by Gasteiger charge is 2.33. The molecule has 1 N–H and O–H groups in total. The summed E-state index contributed by atoms with van der Waals surface area (Å²) in [4.78, 5) is 25.0. The van der Waals surface area contributed by atoms with Gasteiger partial charge in [-0.05, 0) is 0 Å². The zero-order valence-corrected chi connectivity index (χ0v) is 10.4. The molecule has 1 rings (SSSR count). The summed E-state index contributed by atoms with van der Waals surface area (Å²) >= 11 is 0. The molecule has 0 saturated carbocycles. The van der Waals surface area contributed by atoms with E-state index in [1.165, 1.54) is 0 Å². The van der Waals surface area contributed by atoms with E-state index in [0.29, 0.717) is 39.3 Å². The van der Waals surface area contributed by atoms with Crippen LogP contribution < -0.4 is 5.32 Å². The van der Waals surface area contributed by atoms with Gasteiger partial charge in [0.1, 0.15) is 0 Å². The second-order valence-electron chi connectivity index (χ2n) is 4.02. The van der Waals surface area contributed by atoms with Gasteiger partial charge in [-0.2, -0.15) is 0 Å². The quantitative estimate of drug-likeness (QED) is 0.598. The molecular weight excluding hydrogens is 224 g/mol. The molecule has 17 heavy (non-hydrogen) atoms. The lowest BCUT2D eigenvalue weighted by Crippen LogP contribution is -2.35. The van der Waals surface area contributed by atoms with Crippen LogP contribution in [-0.4, -0.2) is 63.8 Å². The van der Waals surface area contributed by atoms with E-state index in [1.807, 2.05) is 0 Å². The fourth-order valence-corrected chi connectivity index (χ4v) is 1.79. The highest BCUT2D eigenvalue weighted by atomic mass is 16.5. The number of nitrogens with zero attached hydrogens (tertiary/aromatic N) is 1. The Hall–Kier alpha value is -1.14. The number of methoxy groups -OCH3 is 2. The van der Waals surface area contributed by atoms with Crippen molar-refractivity contribution in [2.75, 3.05) is 47.1 Å². The Morgan fingerprint density at radius 3 is 2.76 bits per heavy atom.